The molecule has 0 aliphatic carbocycles. The van der Waals surface area contributed by atoms with Crippen molar-refractivity contribution in [1.29, 1.82) is 0 Å². The Morgan fingerprint density at radius 2 is 2.25 bits per heavy atom. The Balaban J connectivity index is 2.26. The van der Waals surface area contributed by atoms with Gasteiger partial charge in [-0.2, -0.15) is 0 Å². The molecule has 2 rings (SSSR count). The number of benzene rings is 1. The zero-order valence-corrected chi connectivity index (χ0v) is 9.07. The monoisotopic (exact) mass is 215 g/mol. The van der Waals surface area contributed by atoms with Gasteiger partial charge in [0.2, 0.25) is 5.91 Å². The van der Waals surface area contributed by atoms with Gasteiger partial charge in [0.15, 0.2) is 0 Å². The smallest absolute Gasteiger partial charge is 0.243 e. The summed E-state index contributed by atoms with van der Waals surface area (Å²) < 4.78 is 5.63. The molecule has 1 aromatic carbocycles. The largest absolute Gasteiger partial charge is 0.459 e. The molecule has 0 aliphatic rings. The Morgan fingerprint density at radius 1 is 1.50 bits per heavy atom. The predicted octanol–water partition coefficient (Wildman–Crippen LogP) is 2.80. The number of para-hydroxylation sites is 1. The highest BCUT2D eigenvalue weighted by Crippen LogP contribution is 2.23. The van der Waals surface area contributed by atoms with Gasteiger partial charge in [0.1, 0.15) is 11.3 Å². The molecule has 82 valence electrons. The van der Waals surface area contributed by atoms with Crippen LogP contribution in [-0.4, -0.2) is 5.91 Å². The van der Waals surface area contributed by atoms with Crippen molar-refractivity contribution in [3.8, 4) is 0 Å². The van der Waals surface area contributed by atoms with E-state index in [0.29, 0.717) is 0 Å². The second-order valence-electron chi connectivity index (χ2n) is 3.62. The summed E-state index contributed by atoms with van der Waals surface area (Å²) in [5.41, 5.74) is 0.831. The third kappa shape index (κ3) is 1.98. The van der Waals surface area contributed by atoms with Crippen LogP contribution >= 0.6 is 0 Å². The Kier molecular flexibility index (Phi) is 2.77. The Hall–Kier alpha value is -2.03. The summed E-state index contributed by atoms with van der Waals surface area (Å²) in [7, 11) is 0. The highest BCUT2D eigenvalue weighted by molar-refractivity contribution is 5.87. The molecular weight excluding hydrogens is 202 g/mol. The molecule has 1 N–H and O–H groups in total. The normalized spacial score (nSPS) is 12.3. The number of hydrogen-bond acceptors (Lipinski definition) is 2. The van der Waals surface area contributed by atoms with Crippen LogP contribution in [0.1, 0.15) is 18.7 Å². The van der Waals surface area contributed by atoms with E-state index in [0.717, 1.165) is 16.7 Å². The number of carbonyl (C=O) groups excluding carboxylic acids is 1. The molecule has 0 saturated carbocycles. The average molecular weight is 215 g/mol. The van der Waals surface area contributed by atoms with E-state index in [1.54, 1.807) is 0 Å². The minimum Gasteiger partial charge on any atom is -0.459 e. The van der Waals surface area contributed by atoms with Gasteiger partial charge >= 0.3 is 0 Å². The summed E-state index contributed by atoms with van der Waals surface area (Å²) in [5, 5.41) is 3.80. The topological polar surface area (TPSA) is 42.2 Å². The maximum absolute atomic E-state index is 11.1. The van der Waals surface area contributed by atoms with Gasteiger partial charge in [-0.1, -0.05) is 24.8 Å². The molecule has 1 heterocycles. The minimum atomic E-state index is -0.201. The lowest BCUT2D eigenvalue weighted by Crippen LogP contribution is -2.23. The number of rotatable bonds is 3. The Labute approximate surface area is 93.8 Å². The average Bonchev–Trinajstić information content (AvgIpc) is 2.72. The van der Waals surface area contributed by atoms with Crippen LogP contribution < -0.4 is 5.32 Å². The minimum absolute atomic E-state index is 0.155. The molecular formula is C13H13NO2. The first kappa shape index (κ1) is 10.5. The van der Waals surface area contributed by atoms with Gasteiger partial charge < -0.3 is 9.73 Å². The second-order valence-corrected chi connectivity index (χ2v) is 3.62. The molecule has 0 unspecified atom stereocenters. The maximum Gasteiger partial charge on any atom is 0.243 e. The van der Waals surface area contributed by atoms with Crippen LogP contribution in [0.2, 0.25) is 0 Å². The number of fused-ring (bicyclic) bond motifs is 1. The van der Waals surface area contributed by atoms with Gasteiger partial charge in [0.05, 0.1) is 6.04 Å². The van der Waals surface area contributed by atoms with Crippen LogP contribution in [0, 0.1) is 0 Å². The predicted molar refractivity (Wildman–Crippen MR) is 63.0 cm³/mol. The third-order valence-corrected chi connectivity index (χ3v) is 2.42. The number of furan rings is 1. The van der Waals surface area contributed by atoms with E-state index in [9.17, 15) is 4.79 Å². The number of carbonyl (C=O) groups is 1. The fraction of sp³-hybridized carbons (Fsp3) is 0.154. The van der Waals surface area contributed by atoms with Crippen molar-refractivity contribution < 1.29 is 9.21 Å². The SMILES string of the molecule is C=CC(=O)N[C@@H](C)c1cc2ccccc2o1. The van der Waals surface area contributed by atoms with E-state index in [2.05, 4.69) is 11.9 Å². The zero-order valence-electron chi connectivity index (χ0n) is 9.07. The molecule has 3 heteroatoms. The third-order valence-electron chi connectivity index (χ3n) is 2.42. The van der Waals surface area contributed by atoms with Gasteiger partial charge in [-0.3, -0.25) is 4.79 Å². The standard InChI is InChI=1S/C13H13NO2/c1-3-13(15)14-9(2)12-8-10-6-4-5-7-11(10)16-12/h3-9H,1H2,2H3,(H,14,15)/t9-/m0/s1. The van der Waals surface area contributed by atoms with Crippen molar-refractivity contribution in [3.05, 3.63) is 48.7 Å². The van der Waals surface area contributed by atoms with Crippen LogP contribution in [0.25, 0.3) is 11.0 Å². The van der Waals surface area contributed by atoms with E-state index in [1.165, 1.54) is 6.08 Å². The summed E-state index contributed by atoms with van der Waals surface area (Å²) in [4.78, 5) is 11.1. The van der Waals surface area contributed by atoms with Crippen molar-refractivity contribution in [1.82, 2.24) is 5.32 Å². The summed E-state index contributed by atoms with van der Waals surface area (Å²) in [6.07, 6.45) is 1.25. The molecule has 0 aliphatic heterocycles. The molecule has 1 atom stereocenters. The Bertz CT molecular complexity index is 494. The van der Waals surface area contributed by atoms with Crippen molar-refractivity contribution >= 4 is 16.9 Å². The summed E-state index contributed by atoms with van der Waals surface area (Å²) in [5.74, 6) is 0.546. The summed E-state index contributed by atoms with van der Waals surface area (Å²) >= 11 is 0. The molecule has 0 saturated heterocycles. The number of nitrogens with one attached hydrogen (secondary N) is 1. The Morgan fingerprint density at radius 3 is 2.94 bits per heavy atom. The van der Waals surface area contributed by atoms with E-state index in [1.807, 2.05) is 37.3 Å². The zero-order chi connectivity index (χ0) is 11.5. The molecule has 1 amide bonds. The molecule has 16 heavy (non-hydrogen) atoms. The van der Waals surface area contributed by atoms with Crippen LogP contribution in [-0.2, 0) is 4.79 Å². The van der Waals surface area contributed by atoms with Gasteiger partial charge in [-0.25, -0.2) is 0 Å². The summed E-state index contributed by atoms with van der Waals surface area (Å²) in [6, 6.07) is 9.53. The molecule has 1 aromatic heterocycles. The molecule has 0 bridgehead atoms. The van der Waals surface area contributed by atoms with Crippen LogP contribution in [0.5, 0.6) is 0 Å². The van der Waals surface area contributed by atoms with E-state index >= 15 is 0 Å². The highest BCUT2D eigenvalue weighted by atomic mass is 16.3. The lowest BCUT2D eigenvalue weighted by molar-refractivity contribution is -0.117. The van der Waals surface area contributed by atoms with Gasteiger partial charge in [0.25, 0.3) is 0 Å². The molecule has 3 nitrogen and oxygen atoms in total. The van der Waals surface area contributed by atoms with E-state index in [-0.39, 0.29) is 11.9 Å². The first-order valence-corrected chi connectivity index (χ1v) is 5.12. The van der Waals surface area contributed by atoms with Crippen LogP contribution in [0.15, 0.2) is 47.4 Å². The van der Waals surface area contributed by atoms with Gasteiger partial charge in [-0.15, -0.1) is 0 Å². The lowest BCUT2D eigenvalue weighted by Gasteiger charge is -2.08. The molecule has 0 radical (unpaired) electrons. The maximum atomic E-state index is 11.1. The van der Waals surface area contributed by atoms with Gasteiger partial charge in [0, 0.05) is 5.39 Å². The highest BCUT2D eigenvalue weighted by Gasteiger charge is 2.12. The molecule has 0 fully saturated rings. The second kappa shape index (κ2) is 4.23. The van der Waals surface area contributed by atoms with Crippen LogP contribution in [0.3, 0.4) is 0 Å². The van der Waals surface area contributed by atoms with Crippen molar-refractivity contribution in [3.63, 3.8) is 0 Å². The summed E-state index contributed by atoms with van der Waals surface area (Å²) in [6.45, 7) is 5.28. The van der Waals surface area contributed by atoms with Crippen LogP contribution in [0.4, 0.5) is 0 Å². The fourth-order valence-electron chi connectivity index (χ4n) is 1.56. The van der Waals surface area contributed by atoms with E-state index < -0.39 is 0 Å². The lowest BCUT2D eigenvalue weighted by atomic mass is 10.2. The van der Waals surface area contributed by atoms with Gasteiger partial charge in [-0.05, 0) is 25.1 Å². The van der Waals surface area contributed by atoms with Crippen molar-refractivity contribution in [2.24, 2.45) is 0 Å². The van der Waals surface area contributed by atoms with Crippen molar-refractivity contribution in [2.75, 3.05) is 0 Å². The van der Waals surface area contributed by atoms with E-state index in [4.69, 9.17) is 4.42 Å². The molecule has 0 spiro atoms. The number of hydrogen-bond donors (Lipinski definition) is 1. The number of amides is 1. The van der Waals surface area contributed by atoms with Crippen molar-refractivity contribution in [2.45, 2.75) is 13.0 Å². The first-order chi connectivity index (χ1) is 7.70. The first-order valence-electron chi connectivity index (χ1n) is 5.12. The fourth-order valence-corrected chi connectivity index (χ4v) is 1.56. The quantitative estimate of drug-likeness (QED) is 0.800. The molecule has 2 aromatic rings.